The van der Waals surface area contributed by atoms with E-state index < -0.39 is 11.9 Å². The zero-order chi connectivity index (χ0) is 26.8. The van der Waals surface area contributed by atoms with E-state index in [1.807, 2.05) is 0 Å². The Bertz CT molecular complexity index is 931. The van der Waals surface area contributed by atoms with Crippen LogP contribution in [0.5, 0.6) is 5.75 Å². The van der Waals surface area contributed by atoms with Gasteiger partial charge in [0.2, 0.25) is 0 Å². The van der Waals surface area contributed by atoms with Crippen LogP contribution >= 0.6 is 15.9 Å². The number of benzene rings is 1. The molecule has 4 rings (SSSR count). The number of amides is 1. The van der Waals surface area contributed by atoms with Crippen molar-refractivity contribution in [1.29, 1.82) is 0 Å². The van der Waals surface area contributed by atoms with Crippen LogP contribution in [-0.4, -0.2) is 79.0 Å². The Kier molecular flexibility index (Phi) is 11.5. The number of aliphatic carboxylic acids is 2. The second kappa shape index (κ2) is 14.5. The molecule has 0 saturated carbocycles. The first-order valence-electron chi connectivity index (χ1n) is 13.0. The van der Waals surface area contributed by atoms with Crippen LogP contribution in [0, 0.1) is 11.8 Å². The summed E-state index contributed by atoms with van der Waals surface area (Å²) in [5.41, 5.74) is 8.41. The van der Waals surface area contributed by atoms with Crippen LogP contribution in [0.3, 0.4) is 0 Å². The number of fused-ring (bicyclic) bond motifs is 1. The highest BCUT2D eigenvalue weighted by Crippen LogP contribution is 2.38. The first-order valence-corrected chi connectivity index (χ1v) is 13.8. The zero-order valence-corrected chi connectivity index (χ0v) is 22.8. The van der Waals surface area contributed by atoms with Crippen molar-refractivity contribution in [2.24, 2.45) is 11.8 Å². The second-order valence-corrected chi connectivity index (χ2v) is 10.7. The lowest BCUT2D eigenvalue weighted by Crippen LogP contribution is -2.41. The van der Waals surface area contributed by atoms with Crippen molar-refractivity contribution < 1.29 is 34.1 Å². The normalized spacial score (nSPS) is 18.6. The fraction of sp³-hybridized carbons (Fsp3) is 0.654. The highest BCUT2D eigenvalue weighted by Gasteiger charge is 2.26. The summed E-state index contributed by atoms with van der Waals surface area (Å²) < 4.78 is 12.1. The number of nitrogens with one attached hydrogen (secondary N) is 1. The maximum Gasteiger partial charge on any atom is 0.303 e. The van der Waals surface area contributed by atoms with Crippen molar-refractivity contribution in [3.8, 4) is 5.75 Å². The van der Waals surface area contributed by atoms with Gasteiger partial charge in [0.1, 0.15) is 5.75 Å². The maximum absolute atomic E-state index is 12.9. The minimum atomic E-state index is -1.08. The summed E-state index contributed by atoms with van der Waals surface area (Å²) in [5.74, 6) is -0.219. The number of ether oxygens (including phenoxy) is 2. The van der Waals surface area contributed by atoms with Crippen molar-refractivity contribution >= 4 is 39.5 Å². The average molecular weight is 585 g/mol. The van der Waals surface area contributed by atoms with Crippen LogP contribution in [0.1, 0.15) is 60.9 Å². The van der Waals surface area contributed by atoms with Gasteiger partial charge in [-0.2, -0.15) is 0 Å². The molecule has 1 aromatic carbocycles. The number of halogens is 1. The van der Waals surface area contributed by atoms with Crippen LogP contribution in [-0.2, 0) is 20.7 Å². The van der Waals surface area contributed by atoms with Crippen molar-refractivity contribution in [2.45, 2.75) is 51.4 Å². The predicted octanol–water partition coefficient (Wildman–Crippen LogP) is 3.16. The first kappa shape index (κ1) is 29.2. The summed E-state index contributed by atoms with van der Waals surface area (Å²) in [4.78, 5) is 34.7. The molecule has 0 aromatic heterocycles. The van der Waals surface area contributed by atoms with Gasteiger partial charge in [-0.05, 0) is 85.4 Å². The predicted molar refractivity (Wildman–Crippen MR) is 142 cm³/mol. The number of carboxylic acid groups (broad SMARTS) is 2. The largest absolute Gasteiger partial charge is 0.492 e. The number of carbonyl (C=O) groups is 3. The zero-order valence-electron chi connectivity index (χ0n) is 21.2. The van der Waals surface area contributed by atoms with Gasteiger partial charge in [0, 0.05) is 36.3 Å². The molecule has 3 aliphatic heterocycles. The van der Waals surface area contributed by atoms with Crippen molar-refractivity contribution in [1.82, 2.24) is 10.2 Å². The number of hydrogen-bond acceptors (Lipinski definition) is 7. The minimum absolute atomic E-state index is 0.0616. The molecule has 0 atom stereocenters. The lowest BCUT2D eigenvalue weighted by Gasteiger charge is -2.35. The molecule has 11 heteroatoms. The molecule has 0 spiro atoms. The topological polar surface area (TPSA) is 151 Å². The fourth-order valence-corrected chi connectivity index (χ4v) is 5.39. The number of likely N-dealkylation sites (tertiary alicyclic amines) is 1. The van der Waals surface area contributed by atoms with E-state index in [1.165, 1.54) is 19.4 Å². The van der Waals surface area contributed by atoms with Gasteiger partial charge in [-0.3, -0.25) is 14.4 Å². The molecule has 0 bridgehead atoms. The number of piperidine rings is 1. The number of nitrogens with two attached hydrogens (primary N) is 1. The Hall–Kier alpha value is -2.37. The molecule has 1 aromatic rings. The lowest BCUT2D eigenvalue weighted by atomic mass is 9.94. The maximum atomic E-state index is 12.9. The molecule has 1 amide bonds. The Labute approximate surface area is 226 Å². The van der Waals surface area contributed by atoms with Gasteiger partial charge in [-0.1, -0.05) is 0 Å². The van der Waals surface area contributed by atoms with Crippen LogP contribution in [0.2, 0.25) is 0 Å². The standard InChI is InChI=1S/C22H32BrN3O3.C4H6O4/c23-19-12-18(21-17(20(19)24)2-1-9-29-21)22(27)25-13-15-3-7-26(8-4-15)14-16-5-10-28-11-6-16;5-3(6)1-2-4(7)8/h12,15-16H,1-11,13-14,24H2,(H,25,27);1-2H2,(H,5,6)(H,7,8). The van der Waals surface area contributed by atoms with Crippen LogP contribution in [0.25, 0.3) is 0 Å². The molecule has 206 valence electrons. The van der Waals surface area contributed by atoms with E-state index in [4.69, 9.17) is 25.4 Å². The molecule has 10 nitrogen and oxygen atoms in total. The summed E-state index contributed by atoms with van der Waals surface area (Å²) in [6.07, 6.45) is 5.87. The van der Waals surface area contributed by atoms with E-state index in [2.05, 4.69) is 26.1 Å². The molecular weight excluding hydrogens is 546 g/mol. The molecule has 0 unspecified atom stereocenters. The van der Waals surface area contributed by atoms with Gasteiger partial charge < -0.3 is 35.6 Å². The van der Waals surface area contributed by atoms with E-state index in [-0.39, 0.29) is 18.7 Å². The average Bonchev–Trinajstić information content (AvgIpc) is 2.90. The molecule has 0 aliphatic carbocycles. The van der Waals surface area contributed by atoms with Gasteiger partial charge in [-0.15, -0.1) is 0 Å². The summed E-state index contributed by atoms with van der Waals surface area (Å²) >= 11 is 3.49. The van der Waals surface area contributed by atoms with E-state index in [9.17, 15) is 14.4 Å². The molecule has 3 aliphatic rings. The van der Waals surface area contributed by atoms with E-state index in [0.29, 0.717) is 29.5 Å². The molecule has 2 saturated heterocycles. The quantitative estimate of drug-likeness (QED) is 0.338. The molecule has 0 radical (unpaired) electrons. The smallest absolute Gasteiger partial charge is 0.303 e. The monoisotopic (exact) mass is 583 g/mol. The van der Waals surface area contributed by atoms with E-state index in [1.54, 1.807) is 6.07 Å². The molecule has 2 fully saturated rings. The number of rotatable bonds is 8. The van der Waals surface area contributed by atoms with Crippen molar-refractivity contribution in [3.05, 3.63) is 21.7 Å². The number of nitrogens with zero attached hydrogens (tertiary/aromatic N) is 1. The minimum Gasteiger partial charge on any atom is -0.492 e. The van der Waals surface area contributed by atoms with Gasteiger partial charge >= 0.3 is 11.9 Å². The second-order valence-electron chi connectivity index (χ2n) is 9.88. The van der Waals surface area contributed by atoms with Crippen LogP contribution in [0.4, 0.5) is 5.69 Å². The Morgan fingerprint density at radius 2 is 1.68 bits per heavy atom. The summed E-state index contributed by atoms with van der Waals surface area (Å²) in [7, 11) is 0. The summed E-state index contributed by atoms with van der Waals surface area (Å²) in [6.45, 7) is 6.66. The van der Waals surface area contributed by atoms with E-state index in [0.717, 1.165) is 74.5 Å². The van der Waals surface area contributed by atoms with Gasteiger partial charge in [-0.25, -0.2) is 0 Å². The highest BCUT2D eigenvalue weighted by molar-refractivity contribution is 9.10. The highest BCUT2D eigenvalue weighted by atomic mass is 79.9. The fourth-order valence-electron chi connectivity index (χ4n) is 4.92. The third kappa shape index (κ3) is 9.15. The van der Waals surface area contributed by atoms with E-state index >= 15 is 0 Å². The van der Waals surface area contributed by atoms with Gasteiger partial charge in [0.15, 0.2) is 0 Å². The SMILES string of the molecule is Nc1c(Br)cc(C(=O)NCC2CCN(CC3CCOCC3)CC2)c2c1CCCO2.O=C(O)CCC(=O)O. The Balaban J connectivity index is 0.000000414. The third-order valence-corrected chi connectivity index (χ3v) is 7.76. The van der Waals surface area contributed by atoms with Crippen LogP contribution < -0.4 is 15.8 Å². The lowest BCUT2D eigenvalue weighted by molar-refractivity contribution is -0.143. The number of hydrogen-bond donors (Lipinski definition) is 4. The third-order valence-electron chi connectivity index (χ3n) is 7.10. The van der Waals surface area contributed by atoms with Gasteiger partial charge in [0.25, 0.3) is 5.91 Å². The number of anilines is 1. The molecule has 37 heavy (non-hydrogen) atoms. The summed E-state index contributed by atoms with van der Waals surface area (Å²) in [5, 5.41) is 18.9. The van der Waals surface area contributed by atoms with Crippen molar-refractivity contribution in [2.75, 3.05) is 51.7 Å². The number of carbonyl (C=O) groups excluding carboxylic acids is 1. The summed E-state index contributed by atoms with van der Waals surface area (Å²) in [6, 6.07) is 1.80. The van der Waals surface area contributed by atoms with Gasteiger partial charge in [0.05, 0.1) is 30.7 Å². The molecular formula is C26H38BrN3O7. The number of nitrogen functional groups attached to an aromatic ring is 1. The first-order chi connectivity index (χ1) is 17.7. The molecule has 3 heterocycles. The van der Waals surface area contributed by atoms with Crippen LogP contribution in [0.15, 0.2) is 10.5 Å². The molecule has 5 N–H and O–H groups in total. The van der Waals surface area contributed by atoms with Crippen molar-refractivity contribution in [3.63, 3.8) is 0 Å². The Morgan fingerprint density at radius 3 is 2.30 bits per heavy atom. The Morgan fingerprint density at radius 1 is 1.03 bits per heavy atom. The number of carboxylic acids is 2.